The first kappa shape index (κ1) is 13.0. The summed E-state index contributed by atoms with van der Waals surface area (Å²) in [5.74, 6) is 2.10. The standard InChI is InChI=1S/C13H15BrN2O2/c1-7(2)9-4-8(14)5-10(13(9)17-3)11-6-12(15)16-18-11/h4-7H,1-3H3,(H2,15,16). The molecule has 0 bridgehead atoms. The lowest BCUT2D eigenvalue weighted by atomic mass is 9.98. The lowest BCUT2D eigenvalue weighted by Crippen LogP contribution is -1.97. The number of nitrogens with two attached hydrogens (primary N) is 1. The maximum absolute atomic E-state index is 5.59. The zero-order valence-corrected chi connectivity index (χ0v) is 12.1. The van der Waals surface area contributed by atoms with Gasteiger partial charge in [0.15, 0.2) is 11.6 Å². The van der Waals surface area contributed by atoms with Gasteiger partial charge in [0.1, 0.15) is 5.75 Å². The van der Waals surface area contributed by atoms with Crippen LogP contribution in [0, 0.1) is 0 Å². The monoisotopic (exact) mass is 310 g/mol. The van der Waals surface area contributed by atoms with Crippen LogP contribution in [0.4, 0.5) is 5.82 Å². The predicted octanol–water partition coefficient (Wildman–Crippen LogP) is 3.82. The molecule has 2 rings (SSSR count). The van der Waals surface area contributed by atoms with E-state index in [2.05, 4.69) is 34.9 Å². The van der Waals surface area contributed by atoms with Crippen molar-refractivity contribution in [2.24, 2.45) is 0 Å². The van der Waals surface area contributed by atoms with Crippen molar-refractivity contribution in [3.05, 3.63) is 28.2 Å². The molecule has 1 aromatic heterocycles. The smallest absolute Gasteiger partial charge is 0.172 e. The van der Waals surface area contributed by atoms with Crippen molar-refractivity contribution in [2.75, 3.05) is 12.8 Å². The Balaban J connectivity index is 2.65. The highest BCUT2D eigenvalue weighted by atomic mass is 79.9. The normalized spacial score (nSPS) is 10.9. The molecule has 1 aromatic carbocycles. The molecule has 5 heteroatoms. The Bertz CT molecular complexity index is 564. The van der Waals surface area contributed by atoms with E-state index in [-0.39, 0.29) is 0 Å². The average Bonchev–Trinajstić information content (AvgIpc) is 2.74. The number of anilines is 1. The predicted molar refractivity (Wildman–Crippen MR) is 74.7 cm³/mol. The number of ether oxygens (including phenoxy) is 1. The van der Waals surface area contributed by atoms with Gasteiger partial charge in [0.2, 0.25) is 0 Å². The molecule has 0 atom stereocenters. The largest absolute Gasteiger partial charge is 0.496 e. The molecule has 2 aromatic rings. The number of rotatable bonds is 3. The van der Waals surface area contributed by atoms with Crippen molar-refractivity contribution in [2.45, 2.75) is 19.8 Å². The van der Waals surface area contributed by atoms with Gasteiger partial charge in [0.25, 0.3) is 0 Å². The van der Waals surface area contributed by atoms with Gasteiger partial charge in [0.05, 0.1) is 12.7 Å². The molecule has 2 N–H and O–H groups in total. The molecule has 18 heavy (non-hydrogen) atoms. The van der Waals surface area contributed by atoms with Crippen LogP contribution in [0.3, 0.4) is 0 Å². The minimum absolute atomic E-state index is 0.344. The van der Waals surface area contributed by atoms with Crippen LogP contribution in [-0.2, 0) is 0 Å². The summed E-state index contributed by atoms with van der Waals surface area (Å²) in [7, 11) is 1.65. The molecule has 0 saturated heterocycles. The number of benzene rings is 1. The number of hydrogen-bond acceptors (Lipinski definition) is 4. The van der Waals surface area contributed by atoms with E-state index in [1.165, 1.54) is 0 Å². The lowest BCUT2D eigenvalue weighted by molar-refractivity contribution is 0.401. The molecule has 0 amide bonds. The van der Waals surface area contributed by atoms with Gasteiger partial charge >= 0.3 is 0 Å². The molecule has 1 heterocycles. The summed E-state index contributed by atoms with van der Waals surface area (Å²) in [6.45, 7) is 4.23. The third-order valence-corrected chi connectivity index (χ3v) is 3.16. The summed E-state index contributed by atoms with van der Waals surface area (Å²) >= 11 is 3.50. The second-order valence-corrected chi connectivity index (χ2v) is 5.26. The molecule has 0 radical (unpaired) electrons. The quantitative estimate of drug-likeness (QED) is 0.936. The molecular weight excluding hydrogens is 296 g/mol. The number of aromatic nitrogens is 1. The van der Waals surface area contributed by atoms with Gasteiger partial charge in [-0.25, -0.2) is 0 Å². The summed E-state index contributed by atoms with van der Waals surface area (Å²) in [4.78, 5) is 0. The minimum Gasteiger partial charge on any atom is -0.496 e. The number of halogens is 1. The zero-order chi connectivity index (χ0) is 13.3. The molecule has 0 aliphatic heterocycles. The molecule has 0 aliphatic carbocycles. The summed E-state index contributed by atoms with van der Waals surface area (Å²) in [5, 5.41) is 3.70. The summed E-state index contributed by atoms with van der Waals surface area (Å²) in [5.41, 5.74) is 7.54. The van der Waals surface area contributed by atoms with E-state index < -0.39 is 0 Å². The van der Waals surface area contributed by atoms with Gasteiger partial charge in [-0.05, 0) is 23.6 Å². The third-order valence-electron chi connectivity index (χ3n) is 2.70. The summed E-state index contributed by atoms with van der Waals surface area (Å²) in [6.07, 6.45) is 0. The van der Waals surface area contributed by atoms with Gasteiger partial charge < -0.3 is 15.0 Å². The molecule has 0 saturated carbocycles. The molecule has 0 spiro atoms. The first-order chi connectivity index (χ1) is 8.52. The minimum atomic E-state index is 0.344. The summed E-state index contributed by atoms with van der Waals surface area (Å²) < 4.78 is 11.7. The molecule has 4 nitrogen and oxygen atoms in total. The Morgan fingerprint density at radius 2 is 2.06 bits per heavy atom. The number of nitrogens with zero attached hydrogens (tertiary/aromatic N) is 1. The molecular formula is C13H15BrN2O2. The SMILES string of the molecule is COc1c(-c2cc(N)no2)cc(Br)cc1C(C)C. The van der Waals surface area contributed by atoms with Crippen molar-refractivity contribution < 1.29 is 9.26 Å². The van der Waals surface area contributed by atoms with Gasteiger partial charge in [-0.1, -0.05) is 34.9 Å². The van der Waals surface area contributed by atoms with Crippen molar-refractivity contribution in [1.82, 2.24) is 5.16 Å². The van der Waals surface area contributed by atoms with E-state index in [1.54, 1.807) is 13.2 Å². The Kier molecular flexibility index (Phi) is 3.61. The van der Waals surface area contributed by atoms with E-state index in [1.807, 2.05) is 12.1 Å². The Morgan fingerprint density at radius 1 is 1.33 bits per heavy atom. The first-order valence-corrected chi connectivity index (χ1v) is 6.42. The number of methoxy groups -OCH3 is 1. The maximum atomic E-state index is 5.59. The highest BCUT2D eigenvalue weighted by molar-refractivity contribution is 9.10. The fraction of sp³-hybridized carbons (Fsp3) is 0.308. The van der Waals surface area contributed by atoms with Crippen LogP contribution in [0.25, 0.3) is 11.3 Å². The highest BCUT2D eigenvalue weighted by Gasteiger charge is 2.17. The molecule has 0 aliphatic rings. The van der Waals surface area contributed by atoms with E-state index in [4.69, 9.17) is 15.0 Å². The first-order valence-electron chi connectivity index (χ1n) is 5.63. The fourth-order valence-electron chi connectivity index (χ4n) is 1.87. The average molecular weight is 311 g/mol. The Hall–Kier alpha value is -1.49. The van der Waals surface area contributed by atoms with E-state index in [0.717, 1.165) is 21.3 Å². The topological polar surface area (TPSA) is 61.3 Å². The molecule has 96 valence electrons. The van der Waals surface area contributed by atoms with Crippen LogP contribution in [0.2, 0.25) is 0 Å². The van der Waals surface area contributed by atoms with E-state index in [9.17, 15) is 0 Å². The van der Waals surface area contributed by atoms with Gasteiger partial charge in [-0.2, -0.15) is 0 Å². The van der Waals surface area contributed by atoms with E-state index >= 15 is 0 Å². The van der Waals surface area contributed by atoms with Gasteiger partial charge in [-0.3, -0.25) is 0 Å². The summed E-state index contributed by atoms with van der Waals surface area (Å²) in [6, 6.07) is 5.67. The van der Waals surface area contributed by atoms with Crippen LogP contribution in [-0.4, -0.2) is 12.3 Å². The van der Waals surface area contributed by atoms with Crippen LogP contribution in [0.5, 0.6) is 5.75 Å². The van der Waals surface area contributed by atoms with Crippen LogP contribution >= 0.6 is 15.9 Å². The molecule has 0 unspecified atom stereocenters. The second kappa shape index (κ2) is 5.02. The Morgan fingerprint density at radius 3 is 2.56 bits per heavy atom. The highest BCUT2D eigenvalue weighted by Crippen LogP contribution is 2.39. The fourth-order valence-corrected chi connectivity index (χ4v) is 2.35. The zero-order valence-electron chi connectivity index (χ0n) is 10.5. The van der Waals surface area contributed by atoms with Crippen molar-refractivity contribution in [1.29, 1.82) is 0 Å². The van der Waals surface area contributed by atoms with Crippen LogP contribution < -0.4 is 10.5 Å². The number of hydrogen-bond donors (Lipinski definition) is 1. The van der Waals surface area contributed by atoms with Crippen LogP contribution in [0.15, 0.2) is 27.2 Å². The number of nitrogen functional groups attached to an aromatic ring is 1. The van der Waals surface area contributed by atoms with Crippen molar-refractivity contribution in [3.8, 4) is 17.1 Å². The lowest BCUT2D eigenvalue weighted by Gasteiger charge is -2.15. The van der Waals surface area contributed by atoms with Crippen molar-refractivity contribution >= 4 is 21.7 Å². The van der Waals surface area contributed by atoms with Crippen LogP contribution in [0.1, 0.15) is 25.3 Å². The van der Waals surface area contributed by atoms with Crippen molar-refractivity contribution in [3.63, 3.8) is 0 Å². The Labute approximate surface area is 114 Å². The second-order valence-electron chi connectivity index (χ2n) is 4.35. The van der Waals surface area contributed by atoms with Gasteiger partial charge in [-0.15, -0.1) is 0 Å². The maximum Gasteiger partial charge on any atom is 0.172 e. The molecule has 0 fully saturated rings. The van der Waals surface area contributed by atoms with Gasteiger partial charge in [0, 0.05) is 10.5 Å². The third kappa shape index (κ3) is 2.36. The van der Waals surface area contributed by atoms with E-state index in [0.29, 0.717) is 17.5 Å².